The summed E-state index contributed by atoms with van der Waals surface area (Å²) in [5.74, 6) is 2.44. The van der Waals surface area contributed by atoms with Crippen molar-refractivity contribution in [2.45, 2.75) is 88.2 Å². The van der Waals surface area contributed by atoms with Crippen molar-refractivity contribution in [1.82, 2.24) is 20.0 Å². The summed E-state index contributed by atoms with van der Waals surface area (Å²) in [5, 5.41) is 13.0. The number of hydrogen-bond acceptors (Lipinski definition) is 11. The maximum absolute atomic E-state index is 17.0. The van der Waals surface area contributed by atoms with E-state index in [1.807, 2.05) is 103 Å². The Balaban J connectivity index is 1.34. The standard InChI is InChI=1S/C60H65N5O9/c1-40(2)50(56(68)72-4)61-59(71)64-47-32-31-41(24-21-33-62(3)39-42-22-11-8-12-23-42)38-46(47)60(58(64)70)49(55(67)63-34-19-6-5-7-20-35-63)52-57(69)74-53(44-27-15-10-16-28-44)51(43-25-13-9-14-26-43)65(52)54(60)45-29-17-18-30-48(45)73-37-36-66/h8-18,22-23,25-32,38,40,49-54,66H,5-7,19-20,33-37,39H2,1-4H3,(H,61,71). The smallest absolute Gasteiger partial charge is 0.329 e. The summed E-state index contributed by atoms with van der Waals surface area (Å²) in [5.41, 5.74) is 1.93. The minimum Gasteiger partial charge on any atom is -0.491 e. The first-order valence-corrected chi connectivity index (χ1v) is 25.8. The van der Waals surface area contributed by atoms with Gasteiger partial charge in [-0.1, -0.05) is 154 Å². The lowest BCUT2D eigenvalue weighted by atomic mass is 9.64. The molecule has 1 spiro atoms. The minimum atomic E-state index is -2.08. The molecule has 5 aromatic carbocycles. The van der Waals surface area contributed by atoms with Gasteiger partial charge >= 0.3 is 18.0 Å². The lowest BCUT2D eigenvalue weighted by Crippen LogP contribution is -2.58. The van der Waals surface area contributed by atoms with Crippen molar-refractivity contribution >= 4 is 35.5 Å². The van der Waals surface area contributed by atoms with E-state index in [1.165, 1.54) is 7.11 Å². The Morgan fingerprint density at radius 3 is 2.12 bits per heavy atom. The number of benzene rings is 5. The lowest BCUT2D eigenvalue weighted by Gasteiger charge is -2.46. The molecule has 0 aromatic heterocycles. The highest BCUT2D eigenvalue weighted by Gasteiger charge is 2.76. The third kappa shape index (κ3) is 9.91. The Morgan fingerprint density at radius 2 is 1.46 bits per heavy atom. The van der Waals surface area contributed by atoms with Crippen LogP contribution in [0.5, 0.6) is 5.75 Å². The number of rotatable bonds is 13. The SMILES string of the molecule is COC(=O)C(NC(=O)N1C(=O)C2(c3cc(C#CCN(C)Cc4ccccc4)ccc31)C(C(=O)N1CCCCCCC1)C1C(=O)OC(c3ccccc3)C(c3ccccc3)N1C2c1ccccc1OCCO)C(C)C. The number of carbonyl (C=O) groups excluding carboxylic acids is 5. The van der Waals surface area contributed by atoms with Gasteiger partial charge in [0, 0.05) is 30.8 Å². The largest absolute Gasteiger partial charge is 0.491 e. The Morgan fingerprint density at radius 1 is 0.824 bits per heavy atom. The van der Waals surface area contributed by atoms with Crippen LogP contribution in [0.15, 0.2) is 133 Å². The second-order valence-electron chi connectivity index (χ2n) is 20.0. The Bertz CT molecular complexity index is 2880. The fraction of sp³-hybridized carbons (Fsp3) is 0.383. The molecule has 14 nitrogen and oxygen atoms in total. The van der Waals surface area contributed by atoms with E-state index >= 15 is 19.2 Å². The molecule has 0 radical (unpaired) electrons. The summed E-state index contributed by atoms with van der Waals surface area (Å²) < 4.78 is 18.2. The average molecular weight is 1000 g/mol. The highest BCUT2D eigenvalue weighted by atomic mass is 16.6. The first-order valence-electron chi connectivity index (χ1n) is 25.8. The van der Waals surface area contributed by atoms with Crippen LogP contribution >= 0.6 is 0 Å². The summed E-state index contributed by atoms with van der Waals surface area (Å²) in [6.07, 6.45) is 3.33. The van der Waals surface area contributed by atoms with E-state index in [4.69, 9.17) is 14.2 Å². The van der Waals surface area contributed by atoms with Gasteiger partial charge in [0.25, 0.3) is 0 Å². The number of fused-ring (bicyclic) bond motifs is 3. The number of nitrogens with one attached hydrogen (secondary N) is 1. The van der Waals surface area contributed by atoms with Gasteiger partial charge in [0.05, 0.1) is 44.0 Å². The minimum absolute atomic E-state index is 0.102. The average Bonchev–Trinajstić information content (AvgIpc) is 3.94. The van der Waals surface area contributed by atoms with Gasteiger partial charge in [0.15, 0.2) is 0 Å². The third-order valence-corrected chi connectivity index (χ3v) is 14.9. The molecule has 74 heavy (non-hydrogen) atoms. The van der Waals surface area contributed by atoms with Crippen LogP contribution in [0.25, 0.3) is 0 Å². The zero-order valence-electron chi connectivity index (χ0n) is 42.5. The van der Waals surface area contributed by atoms with E-state index < -0.39 is 77.3 Å². The van der Waals surface area contributed by atoms with Crippen LogP contribution in [0.1, 0.15) is 97.5 Å². The number of cyclic esters (lactones) is 1. The molecule has 4 aliphatic heterocycles. The van der Waals surface area contributed by atoms with E-state index in [1.54, 1.807) is 49.1 Å². The molecule has 5 aromatic rings. The molecular weight excluding hydrogens is 935 g/mol. The molecule has 9 rings (SSSR count). The predicted octanol–water partition coefficient (Wildman–Crippen LogP) is 7.91. The van der Waals surface area contributed by atoms with Crippen LogP contribution < -0.4 is 15.0 Å². The van der Waals surface area contributed by atoms with Gasteiger partial charge in [-0.15, -0.1) is 0 Å². The van der Waals surface area contributed by atoms with Crippen molar-refractivity contribution in [2.75, 3.05) is 51.9 Å². The van der Waals surface area contributed by atoms with Gasteiger partial charge in [-0.3, -0.25) is 24.2 Å². The number of morpholine rings is 1. The maximum atomic E-state index is 17.0. The normalized spacial score (nSPS) is 23.0. The molecule has 7 atom stereocenters. The molecule has 0 aliphatic carbocycles. The predicted molar refractivity (Wildman–Crippen MR) is 279 cm³/mol. The quantitative estimate of drug-likeness (QED) is 0.0873. The van der Waals surface area contributed by atoms with E-state index in [9.17, 15) is 9.90 Å². The molecule has 2 N–H and O–H groups in total. The number of anilines is 1. The maximum Gasteiger partial charge on any atom is 0.329 e. The number of para-hydroxylation sites is 1. The molecule has 4 aliphatic rings. The number of aliphatic hydroxyl groups is 1. The van der Waals surface area contributed by atoms with Crippen molar-refractivity contribution in [3.05, 3.63) is 167 Å². The number of methoxy groups -OCH3 is 1. The second kappa shape index (κ2) is 22.8. The highest BCUT2D eigenvalue weighted by molar-refractivity contribution is 6.25. The number of carbonyl (C=O) groups is 5. The molecule has 4 amide bonds. The topological polar surface area (TPSA) is 158 Å². The monoisotopic (exact) mass is 999 g/mol. The number of hydrogen-bond donors (Lipinski definition) is 2. The molecule has 7 unspecified atom stereocenters. The number of aliphatic hydroxyl groups excluding tert-OH is 1. The fourth-order valence-corrected chi connectivity index (χ4v) is 11.6. The number of nitrogens with zero attached hydrogens (tertiary/aromatic N) is 4. The van der Waals surface area contributed by atoms with Crippen LogP contribution in [0.2, 0.25) is 0 Å². The van der Waals surface area contributed by atoms with Crippen LogP contribution in [0.4, 0.5) is 10.5 Å². The van der Waals surface area contributed by atoms with E-state index in [0.29, 0.717) is 54.2 Å². The summed E-state index contributed by atoms with van der Waals surface area (Å²) in [6.45, 7) is 4.93. The fourth-order valence-electron chi connectivity index (χ4n) is 11.6. The molecule has 3 saturated heterocycles. The number of imide groups is 1. The Kier molecular flexibility index (Phi) is 15.9. The molecule has 14 heteroatoms. The second-order valence-corrected chi connectivity index (χ2v) is 20.0. The number of amides is 4. The summed E-state index contributed by atoms with van der Waals surface area (Å²) in [7, 11) is 3.22. The molecule has 0 bridgehead atoms. The van der Waals surface area contributed by atoms with Gasteiger partial charge < -0.3 is 29.5 Å². The van der Waals surface area contributed by atoms with Crippen molar-refractivity contribution in [2.24, 2.45) is 11.8 Å². The van der Waals surface area contributed by atoms with Crippen LogP contribution in [-0.4, -0.2) is 109 Å². The highest BCUT2D eigenvalue weighted by Crippen LogP contribution is 2.67. The van der Waals surface area contributed by atoms with Gasteiger partial charge in [-0.25, -0.2) is 14.5 Å². The van der Waals surface area contributed by atoms with Crippen molar-refractivity contribution < 1.29 is 43.3 Å². The van der Waals surface area contributed by atoms with Crippen molar-refractivity contribution in [3.63, 3.8) is 0 Å². The van der Waals surface area contributed by atoms with Gasteiger partial charge in [-0.05, 0) is 72.3 Å². The Labute approximate surface area is 433 Å². The van der Waals surface area contributed by atoms with Crippen molar-refractivity contribution in [3.8, 4) is 17.6 Å². The van der Waals surface area contributed by atoms with E-state index in [-0.39, 0.29) is 18.9 Å². The number of esters is 2. The number of urea groups is 1. The number of ether oxygens (including phenoxy) is 3. The summed E-state index contributed by atoms with van der Waals surface area (Å²) in [6, 6.07) is 36.0. The van der Waals surface area contributed by atoms with Crippen LogP contribution in [0.3, 0.4) is 0 Å². The molecule has 3 fully saturated rings. The molecule has 0 saturated carbocycles. The first kappa shape index (κ1) is 51.6. The van der Waals surface area contributed by atoms with Gasteiger partial charge in [-0.2, -0.15) is 0 Å². The first-order chi connectivity index (χ1) is 36.0. The van der Waals surface area contributed by atoms with Gasteiger partial charge in [0.2, 0.25) is 11.8 Å². The summed E-state index contributed by atoms with van der Waals surface area (Å²) in [4.78, 5) is 84.6. The Hall–Kier alpha value is -7.31. The molecule has 384 valence electrons. The van der Waals surface area contributed by atoms with Crippen molar-refractivity contribution in [1.29, 1.82) is 0 Å². The zero-order valence-corrected chi connectivity index (χ0v) is 42.5. The van der Waals surface area contributed by atoms with E-state index in [0.717, 1.165) is 48.1 Å². The summed E-state index contributed by atoms with van der Waals surface area (Å²) >= 11 is 0. The zero-order chi connectivity index (χ0) is 51.9. The van der Waals surface area contributed by atoms with E-state index in [2.05, 4.69) is 34.2 Å². The third-order valence-electron chi connectivity index (χ3n) is 14.9. The molecule has 4 heterocycles. The molecular formula is C60H65N5O9. The van der Waals surface area contributed by atoms with Gasteiger partial charge in [0.1, 0.15) is 36.0 Å². The van der Waals surface area contributed by atoms with Crippen LogP contribution in [0, 0.1) is 23.7 Å². The van der Waals surface area contributed by atoms with Crippen LogP contribution in [-0.2, 0) is 40.6 Å². The lowest BCUT2D eigenvalue weighted by molar-refractivity contribution is -0.179. The number of likely N-dealkylation sites (tertiary alicyclic amines) is 1.